The molecule has 0 amide bonds. The average Bonchev–Trinajstić information content (AvgIpc) is 2.37. The molecule has 0 saturated heterocycles. The van der Waals surface area contributed by atoms with Gasteiger partial charge in [-0.1, -0.05) is 24.3 Å². The minimum Gasteiger partial charge on any atom is -0.493 e. The van der Waals surface area contributed by atoms with E-state index in [0.29, 0.717) is 6.61 Å². The summed E-state index contributed by atoms with van der Waals surface area (Å²) >= 11 is 0. The number of fused-ring (bicyclic) bond motifs is 2. The highest BCUT2D eigenvalue weighted by Crippen LogP contribution is 2.29. The number of hydrogen-bond donors (Lipinski definition) is 0. The summed E-state index contributed by atoms with van der Waals surface area (Å²) in [4.78, 5) is 0. The molecule has 3 aromatic carbocycles. The first kappa shape index (κ1) is 10.2. The maximum absolute atomic E-state index is 5.66. The molecule has 17 heavy (non-hydrogen) atoms. The third kappa shape index (κ3) is 1.74. The number of hydrogen-bond acceptors (Lipinski definition) is 1. The van der Waals surface area contributed by atoms with Gasteiger partial charge in [-0.25, -0.2) is 0 Å². The van der Waals surface area contributed by atoms with E-state index in [9.17, 15) is 0 Å². The molecule has 0 unspecified atom stereocenters. The second-order valence-corrected chi connectivity index (χ2v) is 4.04. The Morgan fingerprint density at radius 1 is 1.06 bits per heavy atom. The van der Waals surface area contributed by atoms with Crippen molar-refractivity contribution in [1.82, 2.24) is 0 Å². The van der Waals surface area contributed by atoms with Crippen molar-refractivity contribution < 1.29 is 4.74 Å². The lowest BCUT2D eigenvalue weighted by molar-refractivity contribution is 0.344. The monoisotopic (exact) mass is 221 g/mol. The lowest BCUT2D eigenvalue weighted by Gasteiger charge is -2.08. The van der Waals surface area contributed by atoms with Crippen molar-refractivity contribution in [2.75, 3.05) is 6.61 Å². The lowest BCUT2D eigenvalue weighted by atomic mass is 10.0. The van der Waals surface area contributed by atoms with E-state index in [4.69, 9.17) is 4.74 Å². The normalized spacial score (nSPS) is 10.9. The molecule has 0 aliphatic carbocycles. The lowest BCUT2D eigenvalue weighted by Crippen LogP contribution is -1.92. The predicted molar refractivity (Wildman–Crippen MR) is 71.5 cm³/mol. The minimum absolute atomic E-state index is 0.693. The molecule has 0 aliphatic heterocycles. The Balaban J connectivity index is 2.35. The predicted octanol–water partition coefficient (Wildman–Crippen LogP) is 4.19. The second kappa shape index (κ2) is 4.10. The fraction of sp³-hybridized carbons (Fsp3) is 0.125. The van der Waals surface area contributed by atoms with Crippen LogP contribution in [0.25, 0.3) is 21.5 Å². The molecule has 83 valence electrons. The van der Waals surface area contributed by atoms with Crippen molar-refractivity contribution in [3.05, 3.63) is 54.6 Å². The summed E-state index contributed by atoms with van der Waals surface area (Å²) in [5, 5.41) is 4.83. The van der Waals surface area contributed by atoms with E-state index in [1.54, 1.807) is 0 Å². The van der Waals surface area contributed by atoms with Crippen LogP contribution in [0.15, 0.2) is 48.5 Å². The van der Waals surface area contributed by atoms with Crippen LogP contribution in [-0.2, 0) is 0 Å². The molecule has 3 rings (SSSR count). The van der Waals surface area contributed by atoms with Crippen molar-refractivity contribution in [2.24, 2.45) is 0 Å². The molecule has 0 atom stereocenters. The molecule has 0 aliphatic rings. The van der Waals surface area contributed by atoms with Gasteiger partial charge in [-0.05, 0) is 53.4 Å². The zero-order valence-electron chi connectivity index (χ0n) is 9.73. The Bertz CT molecular complexity index is 670. The van der Waals surface area contributed by atoms with Gasteiger partial charge < -0.3 is 4.74 Å². The summed E-state index contributed by atoms with van der Waals surface area (Å²) in [6.07, 6.45) is 0. The smallest absolute Gasteiger partial charge is 0.127 e. The van der Waals surface area contributed by atoms with Crippen molar-refractivity contribution >= 4 is 21.5 Å². The van der Waals surface area contributed by atoms with Crippen LogP contribution in [0.5, 0.6) is 5.75 Å². The molecule has 0 aromatic heterocycles. The Kier molecular flexibility index (Phi) is 2.45. The molecule has 1 radical (unpaired) electrons. The van der Waals surface area contributed by atoms with Crippen LogP contribution in [0.3, 0.4) is 0 Å². The van der Waals surface area contributed by atoms with Crippen LogP contribution < -0.4 is 4.74 Å². The molecular formula is C16H13O. The molecule has 1 heteroatoms. The Labute approximate surface area is 101 Å². The molecule has 0 fully saturated rings. The first-order valence-corrected chi connectivity index (χ1v) is 5.84. The summed E-state index contributed by atoms with van der Waals surface area (Å²) in [6.45, 7) is 2.70. The third-order valence-electron chi connectivity index (χ3n) is 2.94. The van der Waals surface area contributed by atoms with Gasteiger partial charge >= 0.3 is 0 Å². The molecule has 1 nitrogen and oxygen atoms in total. The highest BCUT2D eigenvalue weighted by atomic mass is 16.5. The van der Waals surface area contributed by atoms with Gasteiger partial charge in [0.1, 0.15) is 5.75 Å². The Hall–Kier alpha value is -2.02. The summed E-state index contributed by atoms with van der Waals surface area (Å²) < 4.78 is 5.66. The maximum Gasteiger partial charge on any atom is 0.127 e. The van der Waals surface area contributed by atoms with Crippen molar-refractivity contribution in [3.63, 3.8) is 0 Å². The molecule has 3 aromatic rings. The van der Waals surface area contributed by atoms with Crippen LogP contribution in [-0.4, -0.2) is 6.61 Å². The van der Waals surface area contributed by atoms with Crippen LogP contribution in [0.1, 0.15) is 6.92 Å². The van der Waals surface area contributed by atoms with E-state index in [-0.39, 0.29) is 0 Å². The third-order valence-corrected chi connectivity index (χ3v) is 2.94. The first-order chi connectivity index (χ1) is 8.38. The molecule has 0 N–H and O–H groups in total. The zero-order chi connectivity index (χ0) is 11.7. The Morgan fingerprint density at radius 2 is 2.00 bits per heavy atom. The topological polar surface area (TPSA) is 9.23 Å². The molecular weight excluding hydrogens is 208 g/mol. The van der Waals surface area contributed by atoms with Gasteiger partial charge in [0.2, 0.25) is 0 Å². The van der Waals surface area contributed by atoms with Crippen LogP contribution in [0, 0.1) is 6.07 Å². The van der Waals surface area contributed by atoms with Gasteiger partial charge in [0, 0.05) is 5.39 Å². The molecule has 0 saturated carbocycles. The molecule has 0 bridgehead atoms. The number of rotatable bonds is 2. The van der Waals surface area contributed by atoms with Gasteiger partial charge in [-0.2, -0.15) is 0 Å². The highest BCUT2D eigenvalue weighted by molar-refractivity contribution is 6.00. The zero-order valence-corrected chi connectivity index (χ0v) is 9.73. The van der Waals surface area contributed by atoms with E-state index in [1.807, 2.05) is 31.2 Å². The van der Waals surface area contributed by atoms with Gasteiger partial charge in [0.15, 0.2) is 0 Å². The molecule has 0 spiro atoms. The van der Waals surface area contributed by atoms with Crippen LogP contribution in [0.4, 0.5) is 0 Å². The fourth-order valence-electron chi connectivity index (χ4n) is 2.16. The first-order valence-electron chi connectivity index (χ1n) is 5.84. The number of ether oxygens (including phenoxy) is 1. The maximum atomic E-state index is 5.66. The van der Waals surface area contributed by atoms with Gasteiger partial charge in [0.25, 0.3) is 0 Å². The van der Waals surface area contributed by atoms with Crippen LogP contribution >= 0.6 is 0 Å². The SMILES string of the molecule is CCOc1cccc2cc3cc[c]cc3cc12. The highest BCUT2D eigenvalue weighted by Gasteiger charge is 2.03. The van der Waals surface area contributed by atoms with Crippen molar-refractivity contribution in [3.8, 4) is 5.75 Å². The van der Waals surface area contributed by atoms with E-state index in [1.165, 1.54) is 21.5 Å². The fourth-order valence-corrected chi connectivity index (χ4v) is 2.16. The van der Waals surface area contributed by atoms with Gasteiger partial charge in [0.05, 0.1) is 6.61 Å². The van der Waals surface area contributed by atoms with Crippen molar-refractivity contribution in [1.29, 1.82) is 0 Å². The summed E-state index contributed by atoms with van der Waals surface area (Å²) in [7, 11) is 0. The Morgan fingerprint density at radius 3 is 2.88 bits per heavy atom. The average molecular weight is 221 g/mol. The quantitative estimate of drug-likeness (QED) is 0.589. The van der Waals surface area contributed by atoms with E-state index in [2.05, 4.69) is 30.3 Å². The number of benzene rings is 3. The van der Waals surface area contributed by atoms with E-state index in [0.717, 1.165) is 5.75 Å². The summed E-state index contributed by atoms with van der Waals surface area (Å²) in [5.41, 5.74) is 0. The van der Waals surface area contributed by atoms with Crippen LogP contribution in [0.2, 0.25) is 0 Å². The van der Waals surface area contributed by atoms with E-state index < -0.39 is 0 Å². The standard InChI is InChI=1S/C16H13O/c1-2-17-16-9-5-8-14-10-12-6-3-4-7-13(12)11-15(14)16/h3,5-11H,2H2,1H3. The minimum atomic E-state index is 0.693. The van der Waals surface area contributed by atoms with E-state index >= 15 is 0 Å². The molecule has 0 heterocycles. The van der Waals surface area contributed by atoms with Gasteiger partial charge in [-0.3, -0.25) is 0 Å². The summed E-state index contributed by atoms with van der Waals surface area (Å²) in [5.74, 6) is 0.954. The van der Waals surface area contributed by atoms with Gasteiger partial charge in [-0.15, -0.1) is 0 Å². The second-order valence-electron chi connectivity index (χ2n) is 4.04. The largest absolute Gasteiger partial charge is 0.493 e. The van der Waals surface area contributed by atoms with Crippen molar-refractivity contribution in [2.45, 2.75) is 6.92 Å². The summed E-state index contributed by atoms with van der Waals surface area (Å²) in [6, 6.07) is 19.7.